The van der Waals surface area contributed by atoms with E-state index in [9.17, 15) is 9.59 Å². The Labute approximate surface area is 203 Å². The van der Waals surface area contributed by atoms with Gasteiger partial charge < -0.3 is 14.9 Å². The van der Waals surface area contributed by atoms with Crippen LogP contribution in [0, 0.1) is 27.7 Å². The molecule has 2 rings (SSSR count). The molecule has 0 aromatic heterocycles. The van der Waals surface area contributed by atoms with Crippen LogP contribution in [0.25, 0.3) is 0 Å². The molecule has 0 fully saturated rings. The maximum Gasteiger partial charge on any atom is 0.434 e. The van der Waals surface area contributed by atoms with E-state index < -0.39 is 23.4 Å². The van der Waals surface area contributed by atoms with Crippen molar-refractivity contribution in [2.75, 3.05) is 10.4 Å². The van der Waals surface area contributed by atoms with E-state index in [-0.39, 0.29) is 0 Å². The lowest BCUT2D eigenvalue weighted by atomic mass is 10.1. The van der Waals surface area contributed by atoms with Gasteiger partial charge >= 0.3 is 12.2 Å². The van der Waals surface area contributed by atoms with Crippen LogP contribution in [0.2, 0.25) is 0 Å². The van der Waals surface area contributed by atoms with E-state index in [4.69, 9.17) is 15.3 Å². The lowest BCUT2D eigenvalue weighted by Crippen LogP contribution is -2.50. The van der Waals surface area contributed by atoms with Gasteiger partial charge in [0.1, 0.15) is 11.2 Å². The fourth-order valence-corrected chi connectivity index (χ4v) is 2.76. The van der Waals surface area contributed by atoms with Crippen molar-refractivity contribution in [2.24, 2.45) is 5.84 Å². The molecule has 0 heterocycles. The number of nitrogens with two attached hydrogens (primary N) is 1. The van der Waals surface area contributed by atoms with Crippen LogP contribution in [-0.4, -0.2) is 23.4 Å². The molecule has 8 nitrogen and oxygen atoms in total. The molecule has 0 aliphatic carbocycles. The van der Waals surface area contributed by atoms with Crippen LogP contribution < -0.4 is 21.7 Å². The Morgan fingerprint density at radius 2 is 1.29 bits per heavy atom. The van der Waals surface area contributed by atoms with Gasteiger partial charge in [-0.25, -0.2) is 15.0 Å². The first kappa shape index (κ1) is 28.8. The topological polar surface area (TPSA) is 106 Å². The number of carbonyl (C=O) groups is 2. The number of benzene rings is 2. The van der Waals surface area contributed by atoms with Gasteiger partial charge in [0.15, 0.2) is 0 Å². The van der Waals surface area contributed by atoms with Gasteiger partial charge in [0, 0.05) is 0 Å². The molecular formula is C26H40N4O4. The number of amides is 2. The van der Waals surface area contributed by atoms with Crippen molar-refractivity contribution in [3.8, 4) is 0 Å². The number of carbonyl (C=O) groups excluding carboxylic acids is 2. The van der Waals surface area contributed by atoms with Gasteiger partial charge in [0.05, 0.1) is 11.4 Å². The molecule has 0 bridgehead atoms. The Bertz CT molecular complexity index is 991. The zero-order chi connectivity index (χ0) is 26.3. The molecule has 0 aliphatic rings. The highest BCUT2D eigenvalue weighted by Gasteiger charge is 2.28. The van der Waals surface area contributed by atoms with E-state index in [0.29, 0.717) is 5.69 Å². The Balaban J connectivity index is 0.000000479. The normalized spacial score (nSPS) is 11.0. The summed E-state index contributed by atoms with van der Waals surface area (Å²) in [4.78, 5) is 24.7. The van der Waals surface area contributed by atoms with Crippen molar-refractivity contribution in [3.05, 3.63) is 58.7 Å². The molecule has 0 aliphatic heterocycles. The summed E-state index contributed by atoms with van der Waals surface area (Å²) < 4.78 is 10.6. The first-order valence-electron chi connectivity index (χ1n) is 11.2. The van der Waals surface area contributed by atoms with E-state index in [1.165, 1.54) is 11.1 Å². The Morgan fingerprint density at radius 1 is 0.794 bits per heavy atom. The minimum atomic E-state index is -0.728. The summed E-state index contributed by atoms with van der Waals surface area (Å²) >= 11 is 0. The Hall–Kier alpha value is -3.26. The van der Waals surface area contributed by atoms with Crippen LogP contribution in [0.1, 0.15) is 63.8 Å². The Morgan fingerprint density at radius 3 is 1.76 bits per heavy atom. The van der Waals surface area contributed by atoms with Crippen LogP contribution in [0.4, 0.5) is 21.0 Å². The van der Waals surface area contributed by atoms with Crippen molar-refractivity contribution in [1.29, 1.82) is 0 Å². The van der Waals surface area contributed by atoms with E-state index in [1.54, 1.807) is 47.6 Å². The standard InChI is InChI=1S/C18H28N2O4.C8H12N2/c1-12-9-10-13(2)14(11-12)20(16(22)24-18(6,7)8)19-15(21)23-17(3,4)5;1-6-3-4-7(2)8(5-6)10-9/h9-11H,1-8H3,(H,19,21);3-5,10H,9H2,1-2H3. The fraction of sp³-hybridized carbons (Fsp3) is 0.462. The first-order valence-corrected chi connectivity index (χ1v) is 11.2. The van der Waals surface area contributed by atoms with Gasteiger partial charge in [-0.2, -0.15) is 5.01 Å². The summed E-state index contributed by atoms with van der Waals surface area (Å²) in [6, 6.07) is 11.7. The average molecular weight is 473 g/mol. The van der Waals surface area contributed by atoms with E-state index in [1.807, 2.05) is 52.0 Å². The summed E-state index contributed by atoms with van der Waals surface area (Å²) in [6.45, 7) is 18.4. The zero-order valence-corrected chi connectivity index (χ0v) is 22.1. The zero-order valence-electron chi connectivity index (χ0n) is 22.1. The van der Waals surface area contributed by atoms with Gasteiger partial charge in [-0.1, -0.05) is 24.3 Å². The molecular weight excluding hydrogens is 432 g/mol. The molecule has 188 valence electrons. The van der Waals surface area contributed by atoms with Crippen LogP contribution in [0.5, 0.6) is 0 Å². The third kappa shape index (κ3) is 10.1. The number of hydrogen-bond acceptors (Lipinski definition) is 6. The highest BCUT2D eigenvalue weighted by Crippen LogP contribution is 2.23. The molecule has 0 saturated carbocycles. The third-order valence-corrected chi connectivity index (χ3v) is 4.33. The summed E-state index contributed by atoms with van der Waals surface area (Å²) in [6.07, 6.45) is -1.41. The second kappa shape index (κ2) is 11.7. The number of nitrogen functional groups attached to an aromatic ring is 1. The van der Waals surface area contributed by atoms with E-state index in [0.717, 1.165) is 21.8 Å². The van der Waals surface area contributed by atoms with E-state index >= 15 is 0 Å². The van der Waals surface area contributed by atoms with Gasteiger partial charge in [0.25, 0.3) is 0 Å². The molecule has 0 atom stereocenters. The molecule has 2 aromatic carbocycles. The second-order valence-electron chi connectivity index (χ2n) is 10.2. The predicted octanol–water partition coefficient (Wildman–Crippen LogP) is 6.07. The van der Waals surface area contributed by atoms with Crippen LogP contribution >= 0.6 is 0 Å². The lowest BCUT2D eigenvalue weighted by molar-refractivity contribution is 0.0425. The van der Waals surface area contributed by atoms with Crippen molar-refractivity contribution in [1.82, 2.24) is 5.43 Å². The lowest BCUT2D eigenvalue weighted by Gasteiger charge is -2.29. The van der Waals surface area contributed by atoms with Crippen molar-refractivity contribution in [2.45, 2.75) is 80.4 Å². The number of nitrogens with zero attached hydrogens (tertiary/aromatic N) is 1. The monoisotopic (exact) mass is 472 g/mol. The number of hydrogen-bond donors (Lipinski definition) is 3. The molecule has 0 unspecified atom stereocenters. The number of hydrazine groups is 2. The molecule has 2 aromatic rings. The molecule has 4 N–H and O–H groups in total. The minimum Gasteiger partial charge on any atom is -0.443 e. The van der Waals surface area contributed by atoms with Gasteiger partial charge in [-0.3, -0.25) is 5.84 Å². The molecule has 0 spiro atoms. The SMILES string of the molecule is Cc1ccc(C)c(N(NC(=O)OC(C)(C)C)C(=O)OC(C)(C)C)c1.Cc1ccc(C)c(NN)c1. The van der Waals surface area contributed by atoms with Crippen molar-refractivity contribution < 1.29 is 19.1 Å². The first-order chi connectivity index (χ1) is 15.5. The van der Waals surface area contributed by atoms with Crippen LogP contribution in [0.3, 0.4) is 0 Å². The van der Waals surface area contributed by atoms with Crippen LogP contribution in [-0.2, 0) is 9.47 Å². The second-order valence-corrected chi connectivity index (χ2v) is 10.2. The van der Waals surface area contributed by atoms with Crippen LogP contribution in [0.15, 0.2) is 36.4 Å². The fourth-order valence-electron chi connectivity index (χ4n) is 2.76. The quantitative estimate of drug-likeness (QED) is 0.362. The molecule has 8 heteroatoms. The van der Waals surface area contributed by atoms with Crippen molar-refractivity contribution >= 4 is 23.6 Å². The third-order valence-electron chi connectivity index (χ3n) is 4.33. The minimum absolute atomic E-state index is 0.537. The van der Waals surface area contributed by atoms with Crippen molar-refractivity contribution in [3.63, 3.8) is 0 Å². The number of ether oxygens (including phenoxy) is 2. The maximum absolute atomic E-state index is 12.6. The summed E-state index contributed by atoms with van der Waals surface area (Å²) in [7, 11) is 0. The molecule has 0 saturated heterocycles. The summed E-state index contributed by atoms with van der Waals surface area (Å²) in [5, 5.41) is 1.08. The van der Waals surface area contributed by atoms with Gasteiger partial charge in [-0.05, 0) is 104 Å². The molecule has 2 amide bonds. The van der Waals surface area contributed by atoms with Gasteiger partial charge in [0.2, 0.25) is 0 Å². The highest BCUT2D eigenvalue weighted by atomic mass is 16.6. The Kier molecular flexibility index (Phi) is 9.94. The molecule has 34 heavy (non-hydrogen) atoms. The van der Waals surface area contributed by atoms with E-state index in [2.05, 4.69) is 16.9 Å². The molecule has 0 radical (unpaired) electrons. The largest absolute Gasteiger partial charge is 0.443 e. The summed E-state index contributed by atoms with van der Waals surface area (Å²) in [5.41, 5.74) is 9.45. The average Bonchev–Trinajstić information content (AvgIpc) is 2.68. The number of anilines is 2. The van der Waals surface area contributed by atoms with Gasteiger partial charge in [-0.15, -0.1) is 0 Å². The number of aryl methyl sites for hydroxylation is 4. The summed E-state index contributed by atoms with van der Waals surface area (Å²) in [5.74, 6) is 5.27. The smallest absolute Gasteiger partial charge is 0.434 e. The predicted molar refractivity (Wildman–Crippen MR) is 138 cm³/mol. The number of nitrogens with one attached hydrogen (secondary N) is 2. The maximum atomic E-state index is 12.6. The highest BCUT2D eigenvalue weighted by molar-refractivity contribution is 5.91. The number of rotatable bonds is 2.